The van der Waals surface area contributed by atoms with Gasteiger partial charge in [-0.05, 0) is 49.4 Å². The van der Waals surface area contributed by atoms with Gasteiger partial charge in [0.25, 0.3) is 0 Å². The summed E-state index contributed by atoms with van der Waals surface area (Å²) in [5.41, 5.74) is 5.34. The summed E-state index contributed by atoms with van der Waals surface area (Å²) in [6, 6.07) is 10.6. The molecule has 0 radical (unpaired) electrons. The van der Waals surface area contributed by atoms with Gasteiger partial charge in [-0.15, -0.1) is 0 Å². The number of hydroxylamine groups is 1. The molecule has 0 amide bonds. The SMILES string of the molecule is C=C(F)/C=C\C(=C/C)CC1N=C(c2cn(Cc3ccccc3Cl)c3cc(N4CCN(C)CC4)c(F)cc3c2=O)NO1.CC.CF. The molecule has 3 aromatic rings. The Kier molecular flexibility index (Phi) is 13.5. The second-order valence-corrected chi connectivity index (χ2v) is 10.6. The molecule has 1 unspecified atom stereocenters. The molecule has 2 aliphatic heterocycles. The summed E-state index contributed by atoms with van der Waals surface area (Å²) in [7, 11) is 2.54. The molecular weight excluding hydrogens is 603 g/mol. The van der Waals surface area contributed by atoms with Crippen molar-refractivity contribution < 1.29 is 18.0 Å². The van der Waals surface area contributed by atoms with E-state index in [1.165, 1.54) is 12.1 Å². The summed E-state index contributed by atoms with van der Waals surface area (Å²) in [5.74, 6) is -0.764. The first-order valence-corrected chi connectivity index (χ1v) is 15.2. The predicted molar refractivity (Wildman–Crippen MR) is 179 cm³/mol. The molecule has 3 heterocycles. The lowest BCUT2D eigenvalue weighted by molar-refractivity contribution is 0.0394. The first-order chi connectivity index (χ1) is 21.7. The number of anilines is 1. The van der Waals surface area contributed by atoms with Crippen LogP contribution >= 0.6 is 11.6 Å². The number of allylic oxidation sites excluding steroid dienone is 4. The van der Waals surface area contributed by atoms with Crippen LogP contribution in [0.15, 0.2) is 88.6 Å². The number of pyridine rings is 1. The largest absolute Gasteiger partial charge is 0.367 e. The Balaban J connectivity index is 0.00000133. The van der Waals surface area contributed by atoms with E-state index >= 15 is 4.39 Å². The second kappa shape index (κ2) is 17.0. The number of nitrogens with zero attached hydrogens (tertiary/aromatic N) is 4. The average Bonchev–Trinajstić information content (AvgIpc) is 3.52. The smallest absolute Gasteiger partial charge is 0.200 e. The number of aliphatic imine (C=N–C) groups is 1. The third kappa shape index (κ3) is 8.87. The number of halogens is 4. The van der Waals surface area contributed by atoms with Crippen LogP contribution in [-0.4, -0.2) is 61.9 Å². The minimum Gasteiger partial charge on any atom is -0.367 e. The van der Waals surface area contributed by atoms with Crippen molar-refractivity contribution in [2.24, 2.45) is 4.99 Å². The van der Waals surface area contributed by atoms with Gasteiger partial charge < -0.3 is 14.4 Å². The standard InChI is InChI=1S/C31H32ClF2N5O2.C2H6.CH3F/c1-4-21(10-9-20(2)33)15-29-35-31(36-41-29)24-19-39(18-22-7-5-6-8-25(22)32)27-17-28(26(34)16-23(27)30(24)40)38-13-11-37(3)12-14-38;2*1-2/h4-10,16-17,19,29H,2,11-15,18H2,1,3H3,(H,35,36);1-2H3;1H3/b10-9-,21-4+;;. The minimum absolute atomic E-state index is 0.233. The number of nitrogens with one attached hydrogen (secondary N) is 1. The van der Waals surface area contributed by atoms with E-state index in [9.17, 15) is 13.6 Å². The summed E-state index contributed by atoms with van der Waals surface area (Å²) in [6.07, 6.45) is 6.11. The van der Waals surface area contributed by atoms with Gasteiger partial charge in [-0.2, -0.15) is 0 Å². The Morgan fingerprint density at radius 3 is 2.49 bits per heavy atom. The van der Waals surface area contributed by atoms with Gasteiger partial charge >= 0.3 is 0 Å². The van der Waals surface area contributed by atoms with Gasteiger partial charge in [0.2, 0.25) is 0 Å². The number of aromatic nitrogens is 1. The number of fused-ring (bicyclic) bond motifs is 1. The monoisotopic (exact) mass is 643 g/mol. The topological polar surface area (TPSA) is 62.1 Å². The lowest BCUT2D eigenvalue weighted by Crippen LogP contribution is -2.44. The van der Waals surface area contributed by atoms with Crippen LogP contribution in [0.1, 0.15) is 38.3 Å². The fraction of sp³-hybridized carbons (Fsp3) is 0.353. The number of rotatable bonds is 8. The Labute approximate surface area is 267 Å². The number of hydrogen-bond acceptors (Lipinski definition) is 6. The number of alkyl halides is 1. The van der Waals surface area contributed by atoms with Crippen LogP contribution < -0.4 is 15.8 Å². The maximum atomic E-state index is 15.5. The molecule has 7 nitrogen and oxygen atoms in total. The highest BCUT2D eigenvalue weighted by Gasteiger charge is 2.25. The molecule has 0 saturated carbocycles. The van der Waals surface area contributed by atoms with Crippen LogP contribution in [-0.2, 0) is 11.4 Å². The molecule has 1 aromatic heterocycles. The first-order valence-electron chi connectivity index (χ1n) is 14.8. The maximum absolute atomic E-state index is 15.5. The highest BCUT2D eigenvalue weighted by Crippen LogP contribution is 2.28. The molecule has 1 atom stereocenters. The zero-order chi connectivity index (χ0) is 33.1. The summed E-state index contributed by atoms with van der Waals surface area (Å²) < 4.78 is 40.1. The summed E-state index contributed by atoms with van der Waals surface area (Å²) in [6.45, 7) is 12.4. The van der Waals surface area contributed by atoms with Crippen molar-refractivity contribution in [3.63, 3.8) is 0 Å². The summed E-state index contributed by atoms with van der Waals surface area (Å²) >= 11 is 6.50. The van der Waals surface area contributed by atoms with E-state index in [1.807, 2.05) is 67.6 Å². The molecule has 242 valence electrons. The Bertz CT molecular complexity index is 1630. The fourth-order valence-corrected chi connectivity index (χ4v) is 5.21. The van der Waals surface area contributed by atoms with Gasteiger partial charge in [0.05, 0.1) is 23.9 Å². The Morgan fingerprint density at radius 1 is 1.16 bits per heavy atom. The molecule has 1 saturated heterocycles. The van der Waals surface area contributed by atoms with Crippen LogP contribution in [0.5, 0.6) is 0 Å². The molecule has 0 spiro atoms. The Hall–Kier alpha value is -3.86. The molecule has 2 aliphatic rings. The van der Waals surface area contributed by atoms with Crippen molar-refractivity contribution in [2.45, 2.75) is 40.0 Å². The molecule has 1 N–H and O–H groups in total. The third-order valence-corrected chi connectivity index (χ3v) is 7.74. The molecule has 2 aromatic carbocycles. The lowest BCUT2D eigenvalue weighted by Gasteiger charge is -2.34. The van der Waals surface area contributed by atoms with Crippen molar-refractivity contribution in [3.8, 4) is 0 Å². The number of hydrogen-bond donors (Lipinski definition) is 1. The van der Waals surface area contributed by atoms with Crippen LogP contribution in [0.2, 0.25) is 5.02 Å². The van der Waals surface area contributed by atoms with Crippen molar-refractivity contribution >= 4 is 34.0 Å². The van der Waals surface area contributed by atoms with Gasteiger partial charge in [0, 0.05) is 55.8 Å². The van der Waals surface area contributed by atoms with Crippen molar-refractivity contribution in [3.05, 3.63) is 111 Å². The molecule has 11 heteroatoms. The second-order valence-electron chi connectivity index (χ2n) is 10.2. The lowest BCUT2D eigenvalue weighted by atomic mass is 10.1. The van der Waals surface area contributed by atoms with E-state index in [1.54, 1.807) is 18.3 Å². The molecule has 0 bridgehead atoms. The number of likely N-dealkylation sites (N-methyl/N-ethyl adjacent to an activating group) is 1. The normalized spacial score (nSPS) is 16.9. The predicted octanol–water partition coefficient (Wildman–Crippen LogP) is 7.19. The fourth-order valence-electron chi connectivity index (χ4n) is 5.01. The Morgan fingerprint density at radius 2 is 1.84 bits per heavy atom. The zero-order valence-electron chi connectivity index (χ0n) is 26.4. The molecule has 0 aliphatic carbocycles. The van der Waals surface area contributed by atoms with E-state index in [0.29, 0.717) is 49.5 Å². The van der Waals surface area contributed by atoms with Crippen molar-refractivity contribution in [2.75, 3.05) is 45.3 Å². The van der Waals surface area contributed by atoms with Crippen LogP contribution in [0.25, 0.3) is 10.9 Å². The first kappa shape index (κ1) is 35.6. The van der Waals surface area contributed by atoms with E-state index in [2.05, 4.69) is 22.0 Å². The van der Waals surface area contributed by atoms with E-state index in [-0.39, 0.29) is 22.2 Å². The maximum Gasteiger partial charge on any atom is 0.200 e. The third-order valence-electron chi connectivity index (χ3n) is 7.37. The van der Waals surface area contributed by atoms with Crippen LogP contribution in [0.3, 0.4) is 0 Å². The van der Waals surface area contributed by atoms with Gasteiger partial charge in [-0.3, -0.25) is 9.18 Å². The van der Waals surface area contributed by atoms with Gasteiger partial charge in [-0.25, -0.2) is 24.1 Å². The van der Waals surface area contributed by atoms with Crippen molar-refractivity contribution in [1.82, 2.24) is 14.9 Å². The highest BCUT2D eigenvalue weighted by atomic mass is 35.5. The van der Waals surface area contributed by atoms with Gasteiger partial charge in [0.1, 0.15) is 11.6 Å². The van der Waals surface area contributed by atoms with Crippen LogP contribution in [0.4, 0.5) is 18.9 Å². The van der Waals surface area contributed by atoms with E-state index < -0.39 is 17.9 Å². The molecule has 1 fully saturated rings. The van der Waals surface area contributed by atoms with Gasteiger partial charge in [-0.1, -0.05) is 62.4 Å². The summed E-state index contributed by atoms with van der Waals surface area (Å²) in [4.78, 5) is 28.2. The average molecular weight is 644 g/mol. The number of piperazine rings is 1. The molecular formula is C34H41ClF3N5O2. The zero-order valence-corrected chi connectivity index (χ0v) is 27.2. The molecule has 45 heavy (non-hydrogen) atoms. The van der Waals surface area contributed by atoms with Gasteiger partial charge in [0.15, 0.2) is 17.5 Å². The number of amidine groups is 1. The quantitative estimate of drug-likeness (QED) is 0.263. The highest BCUT2D eigenvalue weighted by molar-refractivity contribution is 6.31. The van der Waals surface area contributed by atoms with E-state index in [4.69, 9.17) is 16.4 Å². The minimum atomic E-state index is -0.641. The van der Waals surface area contributed by atoms with Crippen molar-refractivity contribution in [1.29, 1.82) is 0 Å². The number of benzene rings is 2. The summed E-state index contributed by atoms with van der Waals surface area (Å²) in [5, 5.41) is 0.821. The van der Waals surface area contributed by atoms with E-state index in [0.717, 1.165) is 24.2 Å². The molecule has 5 rings (SSSR count). The van der Waals surface area contributed by atoms with Crippen LogP contribution in [0, 0.1) is 5.82 Å².